The molecular formula is C20H20N4O4S. The molecule has 9 heteroatoms. The molecule has 0 fully saturated rings. The van der Waals surface area contributed by atoms with E-state index in [2.05, 4.69) is 22.6 Å². The van der Waals surface area contributed by atoms with E-state index in [0.717, 1.165) is 34.4 Å². The number of nitrogens with zero attached hydrogens (tertiary/aromatic N) is 3. The molecule has 0 saturated heterocycles. The van der Waals surface area contributed by atoms with Crippen LogP contribution in [0.3, 0.4) is 0 Å². The van der Waals surface area contributed by atoms with Crippen LogP contribution in [0.2, 0.25) is 0 Å². The Balaban J connectivity index is 1.61. The zero-order chi connectivity index (χ0) is 20.5. The predicted molar refractivity (Wildman–Crippen MR) is 109 cm³/mol. The summed E-state index contributed by atoms with van der Waals surface area (Å²) in [6.45, 7) is 1.87. The zero-order valence-electron chi connectivity index (χ0n) is 16.1. The smallest absolute Gasteiger partial charge is 0.341 e. The molecule has 1 aromatic carbocycles. The Kier molecular flexibility index (Phi) is 5.14. The highest BCUT2D eigenvalue weighted by Gasteiger charge is 2.29. The summed E-state index contributed by atoms with van der Waals surface area (Å²) in [6, 6.07) is 6.83. The number of carbonyl (C=O) groups is 2. The minimum atomic E-state index is -0.463. The fourth-order valence-corrected chi connectivity index (χ4v) is 5.00. The molecule has 0 radical (unpaired) electrons. The van der Waals surface area contributed by atoms with Crippen molar-refractivity contribution in [3.8, 4) is 0 Å². The van der Waals surface area contributed by atoms with E-state index in [1.165, 1.54) is 18.4 Å². The molecule has 1 unspecified atom stereocenters. The van der Waals surface area contributed by atoms with Crippen molar-refractivity contribution < 1.29 is 14.3 Å². The highest BCUT2D eigenvalue weighted by molar-refractivity contribution is 7.17. The predicted octanol–water partition coefficient (Wildman–Crippen LogP) is 2.40. The number of nitrogens with one attached hydrogen (secondary N) is 1. The van der Waals surface area contributed by atoms with E-state index in [1.807, 2.05) is 0 Å². The lowest BCUT2D eigenvalue weighted by atomic mass is 9.88. The number of rotatable bonds is 4. The number of methoxy groups -OCH3 is 1. The largest absolute Gasteiger partial charge is 0.465 e. The maximum Gasteiger partial charge on any atom is 0.341 e. The number of anilines is 1. The third-order valence-electron chi connectivity index (χ3n) is 5.08. The summed E-state index contributed by atoms with van der Waals surface area (Å²) in [5.74, 6) is -0.384. The van der Waals surface area contributed by atoms with E-state index in [9.17, 15) is 14.4 Å². The summed E-state index contributed by atoms with van der Waals surface area (Å²) in [5.41, 5.74) is 1.46. The molecule has 2 aromatic heterocycles. The van der Waals surface area contributed by atoms with Gasteiger partial charge in [-0.05, 0) is 42.9 Å². The van der Waals surface area contributed by atoms with Gasteiger partial charge in [0.05, 0.1) is 18.1 Å². The van der Waals surface area contributed by atoms with Gasteiger partial charge < -0.3 is 10.1 Å². The molecular weight excluding hydrogens is 392 g/mol. The van der Waals surface area contributed by atoms with Gasteiger partial charge in [0.1, 0.15) is 17.1 Å². The van der Waals surface area contributed by atoms with E-state index in [0.29, 0.717) is 27.4 Å². The molecule has 29 heavy (non-hydrogen) atoms. The van der Waals surface area contributed by atoms with Crippen molar-refractivity contribution in [2.45, 2.75) is 32.7 Å². The van der Waals surface area contributed by atoms with E-state index >= 15 is 0 Å². The first-order chi connectivity index (χ1) is 14.0. The van der Waals surface area contributed by atoms with Crippen molar-refractivity contribution in [3.05, 3.63) is 50.6 Å². The number of hydrogen-bond donors (Lipinski definition) is 1. The van der Waals surface area contributed by atoms with Gasteiger partial charge in [-0.3, -0.25) is 9.59 Å². The lowest BCUT2D eigenvalue weighted by molar-refractivity contribution is -0.117. The monoisotopic (exact) mass is 412 g/mol. The molecule has 4 rings (SSSR count). The van der Waals surface area contributed by atoms with Crippen molar-refractivity contribution in [2.24, 2.45) is 5.92 Å². The van der Waals surface area contributed by atoms with Crippen LogP contribution in [0.15, 0.2) is 29.1 Å². The molecule has 1 aliphatic carbocycles. The second-order valence-corrected chi connectivity index (χ2v) is 8.27. The number of esters is 1. The van der Waals surface area contributed by atoms with Crippen LogP contribution >= 0.6 is 11.3 Å². The Labute approximate surface area is 170 Å². The molecule has 1 atom stereocenters. The molecule has 1 N–H and O–H groups in total. The summed E-state index contributed by atoms with van der Waals surface area (Å²) in [7, 11) is 1.33. The standard InChI is InChI=1S/C20H20N4O4S/c1-11-7-8-13-15(9-11)29-18(17(13)20(27)28-2)21-16(25)10-24-19(26)12-5-3-4-6-14(12)22-23-24/h3-6,11H,7-10H2,1-2H3,(H,21,25). The molecule has 3 aromatic rings. The molecule has 0 saturated carbocycles. The molecule has 2 heterocycles. The summed E-state index contributed by atoms with van der Waals surface area (Å²) >= 11 is 1.40. The second-order valence-electron chi connectivity index (χ2n) is 7.17. The molecule has 1 amide bonds. The molecule has 1 aliphatic rings. The van der Waals surface area contributed by atoms with Gasteiger partial charge in [-0.15, -0.1) is 16.4 Å². The highest BCUT2D eigenvalue weighted by atomic mass is 32.1. The van der Waals surface area contributed by atoms with Crippen molar-refractivity contribution in [2.75, 3.05) is 12.4 Å². The van der Waals surface area contributed by atoms with E-state index in [1.54, 1.807) is 24.3 Å². The van der Waals surface area contributed by atoms with E-state index in [4.69, 9.17) is 4.74 Å². The van der Waals surface area contributed by atoms with Crippen LogP contribution in [0, 0.1) is 5.92 Å². The van der Waals surface area contributed by atoms with Gasteiger partial charge in [0, 0.05) is 4.88 Å². The van der Waals surface area contributed by atoms with Gasteiger partial charge in [-0.1, -0.05) is 24.3 Å². The average molecular weight is 412 g/mol. The number of ether oxygens (including phenoxy) is 1. The Bertz CT molecular complexity index is 1170. The SMILES string of the molecule is COC(=O)c1c(NC(=O)Cn2nnc3ccccc3c2=O)sc2c1CCC(C)C2. The second kappa shape index (κ2) is 7.75. The number of benzene rings is 1. The molecule has 0 aliphatic heterocycles. The van der Waals surface area contributed by atoms with Crippen LogP contribution in [0.25, 0.3) is 10.9 Å². The molecule has 150 valence electrons. The zero-order valence-corrected chi connectivity index (χ0v) is 16.9. The molecule has 0 spiro atoms. The third-order valence-corrected chi connectivity index (χ3v) is 6.25. The highest BCUT2D eigenvalue weighted by Crippen LogP contribution is 2.40. The quantitative estimate of drug-likeness (QED) is 0.660. The van der Waals surface area contributed by atoms with Crippen LogP contribution < -0.4 is 10.9 Å². The number of hydrogen-bond acceptors (Lipinski definition) is 7. The minimum Gasteiger partial charge on any atom is -0.465 e. The van der Waals surface area contributed by atoms with E-state index in [-0.39, 0.29) is 6.54 Å². The van der Waals surface area contributed by atoms with Gasteiger partial charge in [0.2, 0.25) is 5.91 Å². The normalized spacial score (nSPS) is 15.7. The lowest BCUT2D eigenvalue weighted by Gasteiger charge is -2.18. The first-order valence-electron chi connectivity index (χ1n) is 9.33. The van der Waals surface area contributed by atoms with Crippen molar-refractivity contribution >= 4 is 39.1 Å². The van der Waals surface area contributed by atoms with E-state index < -0.39 is 17.4 Å². The summed E-state index contributed by atoms with van der Waals surface area (Å²) < 4.78 is 5.95. The first-order valence-corrected chi connectivity index (χ1v) is 10.1. The summed E-state index contributed by atoms with van der Waals surface area (Å²) in [5, 5.41) is 11.5. The maximum atomic E-state index is 12.6. The van der Waals surface area contributed by atoms with Gasteiger partial charge in [-0.25, -0.2) is 9.48 Å². The fourth-order valence-electron chi connectivity index (χ4n) is 3.59. The first kappa shape index (κ1) is 19.3. The van der Waals surface area contributed by atoms with Crippen molar-refractivity contribution in [3.63, 3.8) is 0 Å². The summed E-state index contributed by atoms with van der Waals surface area (Å²) in [6.07, 6.45) is 2.64. The van der Waals surface area contributed by atoms with Crippen LogP contribution in [0.1, 0.15) is 34.1 Å². The lowest BCUT2D eigenvalue weighted by Crippen LogP contribution is -2.30. The van der Waals surface area contributed by atoms with Crippen LogP contribution in [0.5, 0.6) is 0 Å². The maximum absolute atomic E-state index is 12.6. The van der Waals surface area contributed by atoms with Crippen molar-refractivity contribution in [1.82, 2.24) is 15.0 Å². The average Bonchev–Trinajstić information content (AvgIpc) is 3.06. The number of carbonyl (C=O) groups excluding carboxylic acids is 2. The Morgan fingerprint density at radius 3 is 2.93 bits per heavy atom. The number of thiophene rings is 1. The molecule has 0 bridgehead atoms. The Hall–Kier alpha value is -3.07. The van der Waals surface area contributed by atoms with Crippen LogP contribution in [0.4, 0.5) is 5.00 Å². The Morgan fingerprint density at radius 2 is 2.14 bits per heavy atom. The number of amides is 1. The topological polar surface area (TPSA) is 103 Å². The third kappa shape index (κ3) is 3.65. The van der Waals surface area contributed by atoms with Gasteiger partial charge in [-0.2, -0.15) is 0 Å². The van der Waals surface area contributed by atoms with Crippen LogP contribution in [-0.2, 0) is 28.9 Å². The number of fused-ring (bicyclic) bond motifs is 2. The van der Waals surface area contributed by atoms with Crippen molar-refractivity contribution in [1.29, 1.82) is 0 Å². The van der Waals surface area contributed by atoms with Gasteiger partial charge >= 0.3 is 5.97 Å². The van der Waals surface area contributed by atoms with Crippen LogP contribution in [-0.4, -0.2) is 34.0 Å². The summed E-state index contributed by atoms with van der Waals surface area (Å²) in [4.78, 5) is 38.6. The molecule has 8 nitrogen and oxygen atoms in total. The van der Waals surface area contributed by atoms with Gasteiger partial charge in [0.15, 0.2) is 0 Å². The number of aromatic nitrogens is 3. The minimum absolute atomic E-state index is 0.295. The van der Waals surface area contributed by atoms with Gasteiger partial charge in [0.25, 0.3) is 5.56 Å². The Morgan fingerprint density at radius 1 is 1.34 bits per heavy atom. The fraction of sp³-hybridized carbons (Fsp3) is 0.350.